The number of rotatable bonds is 4. The van der Waals surface area contributed by atoms with Crippen LogP contribution in [0.4, 0.5) is 13.2 Å². The lowest BCUT2D eigenvalue weighted by molar-refractivity contribution is -0.160. The minimum absolute atomic E-state index is 0.0937. The second-order valence-corrected chi connectivity index (χ2v) is 15.2. The summed E-state index contributed by atoms with van der Waals surface area (Å²) >= 11 is 0. The highest BCUT2D eigenvalue weighted by atomic mass is 19.4. The van der Waals surface area contributed by atoms with Crippen molar-refractivity contribution in [2.24, 2.45) is 34.5 Å². The van der Waals surface area contributed by atoms with Crippen LogP contribution in [0, 0.1) is 34.5 Å². The molecule has 1 aromatic carbocycles. The van der Waals surface area contributed by atoms with Gasteiger partial charge in [0, 0.05) is 50.1 Å². The Bertz CT molecular complexity index is 1160. The van der Waals surface area contributed by atoms with E-state index in [1.54, 1.807) is 12.1 Å². The number of aliphatic hydroxyl groups is 1. The van der Waals surface area contributed by atoms with Gasteiger partial charge in [0.15, 0.2) is 0 Å². The highest BCUT2D eigenvalue weighted by molar-refractivity contribution is 5.87. The first-order valence-electron chi connectivity index (χ1n) is 16.1. The molecule has 0 bridgehead atoms. The first-order valence-corrected chi connectivity index (χ1v) is 16.1. The van der Waals surface area contributed by atoms with Crippen molar-refractivity contribution in [2.45, 2.75) is 116 Å². The molecule has 4 nitrogen and oxygen atoms in total. The van der Waals surface area contributed by atoms with E-state index >= 15 is 0 Å². The molecule has 1 aliphatic heterocycles. The number of fused-ring (bicyclic) bond motifs is 5. The van der Waals surface area contributed by atoms with Crippen molar-refractivity contribution in [3.05, 3.63) is 35.4 Å². The maximum absolute atomic E-state index is 13.6. The van der Waals surface area contributed by atoms with Crippen molar-refractivity contribution in [1.29, 1.82) is 0 Å². The molecule has 4 saturated carbocycles. The first kappa shape index (κ1) is 29.6. The molecule has 228 valence electrons. The van der Waals surface area contributed by atoms with E-state index in [1.165, 1.54) is 18.6 Å². The average molecular weight is 575 g/mol. The number of alkyl halides is 3. The van der Waals surface area contributed by atoms with Crippen LogP contribution in [-0.2, 0) is 17.5 Å². The van der Waals surface area contributed by atoms with Crippen LogP contribution in [0.25, 0.3) is 0 Å². The highest BCUT2D eigenvalue weighted by Gasteiger charge is 2.61. The predicted octanol–water partition coefficient (Wildman–Crippen LogP) is 6.94. The van der Waals surface area contributed by atoms with E-state index < -0.39 is 17.3 Å². The molecule has 0 radical (unpaired) electrons. The molecular formula is C34H49F3N2O2. The van der Waals surface area contributed by atoms with E-state index in [1.807, 2.05) is 0 Å². The van der Waals surface area contributed by atoms with Crippen LogP contribution in [0.5, 0.6) is 0 Å². The summed E-state index contributed by atoms with van der Waals surface area (Å²) < 4.78 is 40.8. The maximum Gasteiger partial charge on any atom is 0.416 e. The third-order valence-corrected chi connectivity index (χ3v) is 13.0. The lowest BCUT2D eigenvalue weighted by atomic mass is 9.44. The summed E-state index contributed by atoms with van der Waals surface area (Å²) in [5, 5.41) is 12.0. The number of halogens is 3. The van der Waals surface area contributed by atoms with Crippen LogP contribution < -0.4 is 0 Å². The molecule has 0 aromatic heterocycles. The largest absolute Gasteiger partial charge is 0.416 e. The molecule has 0 spiro atoms. The fraction of sp³-hybridized carbons (Fsp3) is 0.794. The van der Waals surface area contributed by atoms with Gasteiger partial charge in [-0.2, -0.15) is 13.2 Å². The number of carbonyl (C=O) groups is 1. The van der Waals surface area contributed by atoms with E-state index in [9.17, 15) is 23.1 Å². The zero-order valence-electron chi connectivity index (χ0n) is 25.3. The van der Waals surface area contributed by atoms with Crippen molar-refractivity contribution in [3.63, 3.8) is 0 Å². The molecule has 4 aliphatic carbocycles. The molecule has 41 heavy (non-hydrogen) atoms. The number of hydrogen-bond donors (Lipinski definition) is 1. The molecule has 6 rings (SSSR count). The standard InChI is InChI=1S/C34H49F3N2O2/c1-22-19-39(23(2)18-38(22)20-24-7-5-6-8-27(24)34(35,36)37)21-33(41)16-15-31(3)25(17-33)9-10-26-28-11-12-30(40)32(28,4)14-13-29(26)31/h5-8,22-23,25-26,28-29,41H,9-21H2,1-4H3/t22?,23?,25-,26-,28-,29-,31-,32-,33+/m0/s1. The molecule has 0 amide bonds. The van der Waals surface area contributed by atoms with E-state index in [0.29, 0.717) is 48.1 Å². The summed E-state index contributed by atoms with van der Waals surface area (Å²) in [4.78, 5) is 17.3. The number of β-amino-alcohol motifs (C(OH)–C–C–N with tert-alkyl or cyclic N) is 1. The number of nitrogens with zero attached hydrogens (tertiary/aromatic N) is 2. The van der Waals surface area contributed by atoms with Gasteiger partial charge < -0.3 is 5.11 Å². The Kier molecular flexibility index (Phi) is 7.47. The number of ketones is 1. The minimum atomic E-state index is -4.35. The summed E-state index contributed by atoms with van der Waals surface area (Å²) in [7, 11) is 0. The second-order valence-electron chi connectivity index (χ2n) is 15.2. The van der Waals surface area contributed by atoms with Crippen LogP contribution in [0.3, 0.4) is 0 Å². The number of benzene rings is 1. The summed E-state index contributed by atoms with van der Waals surface area (Å²) in [5.74, 6) is 2.88. The maximum atomic E-state index is 13.6. The zero-order valence-corrected chi connectivity index (χ0v) is 25.3. The van der Waals surface area contributed by atoms with Gasteiger partial charge in [0.05, 0.1) is 11.2 Å². The molecule has 2 unspecified atom stereocenters. The van der Waals surface area contributed by atoms with Gasteiger partial charge in [0.25, 0.3) is 0 Å². The summed E-state index contributed by atoms with van der Waals surface area (Å²) in [6, 6.07) is 6.19. The average Bonchev–Trinajstić information content (AvgIpc) is 3.21. The summed E-state index contributed by atoms with van der Waals surface area (Å²) in [5.41, 5.74) is -0.783. The van der Waals surface area contributed by atoms with Gasteiger partial charge in [-0.1, -0.05) is 32.0 Å². The van der Waals surface area contributed by atoms with Crippen LogP contribution in [0.15, 0.2) is 24.3 Å². The Labute approximate surface area is 244 Å². The molecule has 9 atom stereocenters. The molecule has 1 aromatic rings. The second kappa shape index (κ2) is 10.3. The quantitative estimate of drug-likeness (QED) is 0.423. The van der Waals surface area contributed by atoms with Crippen molar-refractivity contribution < 1.29 is 23.1 Å². The fourth-order valence-electron chi connectivity index (χ4n) is 10.5. The highest BCUT2D eigenvalue weighted by Crippen LogP contribution is 2.66. The van der Waals surface area contributed by atoms with Crippen LogP contribution in [0.1, 0.15) is 96.6 Å². The number of Topliss-reactive ketones (excluding diaryl/α,β-unsaturated/α-hetero) is 1. The smallest absolute Gasteiger partial charge is 0.389 e. The lowest BCUT2D eigenvalue weighted by Crippen LogP contribution is -2.62. The van der Waals surface area contributed by atoms with E-state index in [2.05, 4.69) is 37.5 Å². The monoisotopic (exact) mass is 574 g/mol. The minimum Gasteiger partial charge on any atom is -0.389 e. The SMILES string of the molecule is CC1CN(C[C@@]2(O)CC[C@@]3(C)[C@@H](CC[C@@H]4[C@@H]3CC[C@]3(C)C(=O)CC[C@@H]43)C2)C(C)CN1Cc1ccccc1C(F)(F)F. The molecule has 1 heterocycles. The topological polar surface area (TPSA) is 43.8 Å². The van der Waals surface area contributed by atoms with E-state index in [4.69, 9.17) is 0 Å². The Morgan fingerprint density at radius 2 is 1.63 bits per heavy atom. The van der Waals surface area contributed by atoms with Gasteiger partial charge in [0.2, 0.25) is 0 Å². The van der Waals surface area contributed by atoms with Crippen molar-refractivity contribution in [3.8, 4) is 0 Å². The van der Waals surface area contributed by atoms with Gasteiger partial charge >= 0.3 is 6.18 Å². The van der Waals surface area contributed by atoms with Crippen LogP contribution in [0.2, 0.25) is 0 Å². The fourth-order valence-corrected chi connectivity index (χ4v) is 10.5. The lowest BCUT2D eigenvalue weighted by Gasteiger charge is -2.61. The third-order valence-electron chi connectivity index (χ3n) is 13.0. The molecular weight excluding hydrogens is 525 g/mol. The predicted molar refractivity (Wildman–Crippen MR) is 154 cm³/mol. The summed E-state index contributed by atoms with van der Waals surface area (Å²) in [6.07, 6.45) is 4.73. The van der Waals surface area contributed by atoms with E-state index in [0.717, 1.165) is 57.9 Å². The van der Waals surface area contributed by atoms with Gasteiger partial charge in [-0.3, -0.25) is 14.6 Å². The third kappa shape index (κ3) is 5.10. The van der Waals surface area contributed by atoms with Gasteiger partial charge in [-0.25, -0.2) is 0 Å². The van der Waals surface area contributed by atoms with Crippen molar-refractivity contribution in [2.75, 3.05) is 19.6 Å². The Morgan fingerprint density at radius 1 is 0.927 bits per heavy atom. The number of piperazine rings is 1. The van der Waals surface area contributed by atoms with Crippen molar-refractivity contribution >= 4 is 5.78 Å². The van der Waals surface area contributed by atoms with Crippen molar-refractivity contribution in [1.82, 2.24) is 9.80 Å². The van der Waals surface area contributed by atoms with Crippen LogP contribution >= 0.6 is 0 Å². The van der Waals surface area contributed by atoms with Gasteiger partial charge in [-0.05, 0) is 106 Å². The molecule has 1 N–H and O–H groups in total. The molecule has 1 saturated heterocycles. The Morgan fingerprint density at radius 3 is 2.39 bits per heavy atom. The van der Waals surface area contributed by atoms with E-state index in [-0.39, 0.29) is 29.5 Å². The summed E-state index contributed by atoms with van der Waals surface area (Å²) in [6.45, 7) is 11.4. The molecule has 5 aliphatic rings. The first-order chi connectivity index (χ1) is 19.2. The van der Waals surface area contributed by atoms with Gasteiger partial charge in [-0.15, -0.1) is 0 Å². The Balaban J connectivity index is 1.10. The van der Waals surface area contributed by atoms with Gasteiger partial charge in [0.1, 0.15) is 5.78 Å². The normalized spacial score (nSPS) is 43.9. The number of carbonyl (C=O) groups excluding carboxylic acids is 1. The molecule has 5 fully saturated rings. The van der Waals surface area contributed by atoms with Crippen LogP contribution in [-0.4, -0.2) is 58.0 Å². The number of hydrogen-bond acceptors (Lipinski definition) is 4. The zero-order chi connectivity index (χ0) is 29.4. The Hall–Kier alpha value is -1.44. The molecule has 7 heteroatoms.